The molecule has 1 amide bonds. The number of ketones is 1. The molecule has 0 atom stereocenters. The summed E-state index contributed by atoms with van der Waals surface area (Å²) in [5, 5.41) is 3.24. The van der Waals surface area contributed by atoms with Gasteiger partial charge in [0.25, 0.3) is 5.91 Å². The molecular weight excluding hydrogens is 340 g/mol. The molecular formula is C15H15ClN2O4S. The second-order valence-electron chi connectivity index (χ2n) is 4.46. The van der Waals surface area contributed by atoms with Gasteiger partial charge in [-0.05, 0) is 19.1 Å². The number of Topliss-reactive ketones (excluding diaryl/α,β-unsaturated/α-hetero) is 1. The fraction of sp³-hybridized carbons (Fsp3) is 0.267. The van der Waals surface area contributed by atoms with E-state index in [1.165, 1.54) is 32.4 Å². The molecule has 2 rings (SSSR count). The first-order chi connectivity index (χ1) is 11.0. The smallest absolute Gasteiger partial charge is 0.257 e. The molecule has 0 spiro atoms. The van der Waals surface area contributed by atoms with Crippen LogP contribution in [0.5, 0.6) is 11.5 Å². The molecule has 2 aromatic rings. The first-order valence-corrected chi connectivity index (χ1v) is 7.94. The van der Waals surface area contributed by atoms with Crippen molar-refractivity contribution in [2.75, 3.05) is 19.0 Å². The number of thiazole rings is 1. The van der Waals surface area contributed by atoms with Gasteiger partial charge < -0.3 is 9.47 Å². The van der Waals surface area contributed by atoms with E-state index in [0.717, 1.165) is 11.3 Å². The molecule has 8 heteroatoms. The lowest BCUT2D eigenvalue weighted by Gasteiger charge is -2.12. The van der Waals surface area contributed by atoms with Crippen LogP contribution in [0.4, 0.5) is 5.13 Å². The molecule has 0 bridgehead atoms. The van der Waals surface area contributed by atoms with E-state index in [9.17, 15) is 9.59 Å². The molecule has 0 unspecified atom stereocenters. The summed E-state index contributed by atoms with van der Waals surface area (Å²) >= 11 is 7.25. The average molecular weight is 355 g/mol. The van der Waals surface area contributed by atoms with Crippen molar-refractivity contribution in [2.45, 2.75) is 13.8 Å². The summed E-state index contributed by atoms with van der Waals surface area (Å²) in [5.41, 5.74) is 0.301. The van der Waals surface area contributed by atoms with Crippen molar-refractivity contribution in [3.8, 4) is 11.5 Å². The molecule has 1 heterocycles. The summed E-state index contributed by atoms with van der Waals surface area (Å²) < 4.78 is 10.6. The van der Waals surface area contributed by atoms with Crippen molar-refractivity contribution >= 4 is 39.8 Å². The van der Waals surface area contributed by atoms with E-state index in [1.54, 1.807) is 0 Å². The molecule has 1 aromatic carbocycles. The van der Waals surface area contributed by atoms with E-state index in [0.29, 0.717) is 33.7 Å². The number of carbonyl (C=O) groups is 2. The van der Waals surface area contributed by atoms with Gasteiger partial charge in [0.1, 0.15) is 0 Å². The second kappa shape index (κ2) is 7.43. The van der Waals surface area contributed by atoms with Gasteiger partial charge in [0, 0.05) is 12.5 Å². The van der Waals surface area contributed by atoms with Gasteiger partial charge in [-0.2, -0.15) is 0 Å². The Labute approximate surface area is 142 Å². The number of hydrogen-bond donors (Lipinski definition) is 1. The number of carbonyl (C=O) groups excluding carboxylic acids is 2. The fourth-order valence-corrected chi connectivity index (χ4v) is 2.77. The third-order valence-electron chi connectivity index (χ3n) is 2.85. The van der Waals surface area contributed by atoms with Gasteiger partial charge in [-0.3, -0.25) is 14.9 Å². The van der Waals surface area contributed by atoms with Gasteiger partial charge in [0.15, 0.2) is 22.4 Å². The lowest BCUT2D eigenvalue weighted by atomic mass is 10.2. The predicted octanol–water partition coefficient (Wildman–Crippen LogP) is 3.66. The molecule has 6 nitrogen and oxygen atoms in total. The molecule has 0 aliphatic heterocycles. The maximum Gasteiger partial charge on any atom is 0.257 e. The van der Waals surface area contributed by atoms with E-state index < -0.39 is 5.91 Å². The first-order valence-electron chi connectivity index (χ1n) is 6.74. The predicted molar refractivity (Wildman–Crippen MR) is 89.2 cm³/mol. The number of hydrogen-bond acceptors (Lipinski definition) is 6. The summed E-state index contributed by atoms with van der Waals surface area (Å²) in [6.07, 6.45) is 1.42. The summed E-state index contributed by atoms with van der Waals surface area (Å²) in [6, 6.07) is 3.02. The first kappa shape index (κ1) is 17.2. The Balaban J connectivity index is 2.24. The highest BCUT2D eigenvalue weighted by atomic mass is 35.5. The minimum atomic E-state index is -0.405. The maximum atomic E-state index is 12.3. The normalized spacial score (nSPS) is 10.3. The summed E-state index contributed by atoms with van der Waals surface area (Å²) in [7, 11) is 1.47. The Morgan fingerprint density at radius 1 is 1.39 bits per heavy atom. The van der Waals surface area contributed by atoms with E-state index in [1.807, 2.05) is 6.92 Å². The minimum absolute atomic E-state index is 0.103. The van der Waals surface area contributed by atoms with Crippen LogP contribution in [0, 0.1) is 0 Å². The Hall–Kier alpha value is -2.12. The van der Waals surface area contributed by atoms with Crippen molar-refractivity contribution in [3.05, 3.63) is 33.8 Å². The number of nitrogens with zero attached hydrogens (tertiary/aromatic N) is 1. The molecule has 0 saturated heterocycles. The minimum Gasteiger partial charge on any atom is -0.493 e. The van der Waals surface area contributed by atoms with Crippen LogP contribution in [0.15, 0.2) is 18.3 Å². The number of amides is 1. The van der Waals surface area contributed by atoms with Crippen LogP contribution in [0.2, 0.25) is 5.02 Å². The molecule has 0 aliphatic carbocycles. The molecule has 122 valence electrons. The number of methoxy groups -OCH3 is 1. The Bertz CT molecular complexity index is 745. The van der Waals surface area contributed by atoms with Crippen LogP contribution in [-0.2, 0) is 0 Å². The van der Waals surface area contributed by atoms with Gasteiger partial charge in [0.05, 0.1) is 29.8 Å². The van der Waals surface area contributed by atoms with Gasteiger partial charge in [-0.1, -0.05) is 22.9 Å². The monoisotopic (exact) mass is 354 g/mol. The number of benzene rings is 1. The maximum absolute atomic E-state index is 12.3. The molecule has 0 radical (unpaired) electrons. The standard InChI is InChI=1S/C15H15ClN2O4S/c1-4-22-13-10(16)5-9(6-11(13)21-3)14(20)18-15-17-7-12(23-15)8(2)19/h5-7H,4H2,1-3H3,(H,17,18,20). The Morgan fingerprint density at radius 3 is 2.70 bits per heavy atom. The largest absolute Gasteiger partial charge is 0.493 e. The average Bonchev–Trinajstić information content (AvgIpc) is 2.97. The number of anilines is 1. The zero-order valence-corrected chi connectivity index (χ0v) is 14.4. The third-order valence-corrected chi connectivity index (χ3v) is 4.15. The molecule has 0 fully saturated rings. The highest BCUT2D eigenvalue weighted by Gasteiger charge is 2.17. The van der Waals surface area contributed by atoms with E-state index in [2.05, 4.69) is 10.3 Å². The Morgan fingerprint density at radius 2 is 2.13 bits per heavy atom. The molecule has 23 heavy (non-hydrogen) atoms. The van der Waals surface area contributed by atoms with Crippen molar-refractivity contribution in [3.63, 3.8) is 0 Å². The van der Waals surface area contributed by atoms with Crippen molar-refractivity contribution in [1.29, 1.82) is 0 Å². The van der Waals surface area contributed by atoms with E-state index in [-0.39, 0.29) is 10.8 Å². The van der Waals surface area contributed by atoms with Crippen LogP contribution >= 0.6 is 22.9 Å². The molecule has 0 aliphatic rings. The fourth-order valence-electron chi connectivity index (χ4n) is 1.80. The van der Waals surface area contributed by atoms with Crippen molar-refractivity contribution in [1.82, 2.24) is 4.98 Å². The number of nitrogens with one attached hydrogen (secondary N) is 1. The molecule has 1 aromatic heterocycles. The van der Waals surface area contributed by atoms with Crippen molar-refractivity contribution in [2.24, 2.45) is 0 Å². The lowest BCUT2D eigenvalue weighted by molar-refractivity contribution is 0.101. The van der Waals surface area contributed by atoms with E-state index in [4.69, 9.17) is 21.1 Å². The van der Waals surface area contributed by atoms with Gasteiger partial charge in [-0.15, -0.1) is 0 Å². The van der Waals surface area contributed by atoms with Gasteiger partial charge >= 0.3 is 0 Å². The molecule has 0 saturated carbocycles. The topological polar surface area (TPSA) is 77.5 Å². The summed E-state index contributed by atoms with van der Waals surface area (Å²) in [4.78, 5) is 28.0. The van der Waals surface area contributed by atoms with Crippen LogP contribution < -0.4 is 14.8 Å². The second-order valence-corrected chi connectivity index (χ2v) is 5.90. The highest BCUT2D eigenvalue weighted by Crippen LogP contribution is 2.36. The zero-order valence-electron chi connectivity index (χ0n) is 12.8. The van der Waals surface area contributed by atoms with Crippen LogP contribution in [-0.4, -0.2) is 30.4 Å². The number of aromatic nitrogens is 1. The number of ether oxygens (including phenoxy) is 2. The lowest BCUT2D eigenvalue weighted by Crippen LogP contribution is -2.12. The van der Waals surface area contributed by atoms with Crippen molar-refractivity contribution < 1.29 is 19.1 Å². The van der Waals surface area contributed by atoms with Gasteiger partial charge in [0.2, 0.25) is 0 Å². The summed E-state index contributed by atoms with van der Waals surface area (Å²) in [5.74, 6) is 0.251. The quantitative estimate of drug-likeness (QED) is 0.801. The third kappa shape index (κ3) is 4.00. The van der Waals surface area contributed by atoms with Crippen LogP contribution in [0.1, 0.15) is 33.9 Å². The Kier molecular flexibility index (Phi) is 5.57. The SMILES string of the molecule is CCOc1c(Cl)cc(C(=O)Nc2ncc(C(C)=O)s2)cc1OC. The van der Waals surface area contributed by atoms with Crippen LogP contribution in [0.3, 0.4) is 0 Å². The van der Waals surface area contributed by atoms with Gasteiger partial charge in [-0.25, -0.2) is 4.98 Å². The van der Waals surface area contributed by atoms with E-state index >= 15 is 0 Å². The molecule has 1 N–H and O–H groups in total. The highest BCUT2D eigenvalue weighted by molar-refractivity contribution is 7.17. The number of halogens is 1. The summed E-state index contributed by atoms with van der Waals surface area (Å²) in [6.45, 7) is 3.69. The van der Waals surface area contributed by atoms with Crippen LogP contribution in [0.25, 0.3) is 0 Å². The number of rotatable bonds is 6. The zero-order chi connectivity index (χ0) is 17.0.